The third-order valence-corrected chi connectivity index (χ3v) is 6.84. The van der Waals surface area contributed by atoms with Crippen LogP contribution in [-0.4, -0.2) is 46.5 Å². The van der Waals surface area contributed by atoms with Crippen molar-refractivity contribution in [2.45, 2.75) is 19.4 Å². The number of H-pyrrole nitrogens is 1. The molecule has 7 nitrogen and oxygen atoms in total. The van der Waals surface area contributed by atoms with E-state index in [4.69, 9.17) is 14.5 Å². The van der Waals surface area contributed by atoms with Gasteiger partial charge in [0, 0.05) is 12.6 Å². The first-order valence-electron chi connectivity index (χ1n) is 10.6. The van der Waals surface area contributed by atoms with Crippen molar-refractivity contribution >= 4 is 28.3 Å². The summed E-state index contributed by atoms with van der Waals surface area (Å²) in [4.78, 5) is 29.2. The summed E-state index contributed by atoms with van der Waals surface area (Å²) in [6.45, 7) is 6.55. The van der Waals surface area contributed by atoms with Crippen LogP contribution in [0.15, 0.2) is 54.6 Å². The summed E-state index contributed by atoms with van der Waals surface area (Å²) in [5.74, 6) is 2.14. The molecule has 168 valence electrons. The predicted octanol–water partition coefficient (Wildman–Crippen LogP) is 5.16. The molecule has 3 heterocycles. The molecule has 1 aliphatic heterocycles. The Morgan fingerprint density at radius 1 is 1.12 bits per heavy atom. The van der Waals surface area contributed by atoms with Crippen LogP contribution in [0.1, 0.15) is 33.8 Å². The van der Waals surface area contributed by atoms with Crippen LogP contribution in [-0.2, 0) is 0 Å². The van der Waals surface area contributed by atoms with Crippen LogP contribution in [0.5, 0.6) is 11.5 Å². The summed E-state index contributed by atoms with van der Waals surface area (Å²) >= 11 is 1.51. The van der Waals surface area contributed by atoms with Gasteiger partial charge in [-0.05, 0) is 55.3 Å². The molecule has 0 radical (unpaired) electrons. The van der Waals surface area contributed by atoms with Crippen LogP contribution < -0.4 is 9.47 Å². The zero-order chi connectivity index (χ0) is 23.1. The summed E-state index contributed by atoms with van der Waals surface area (Å²) in [5, 5.41) is 0.842. The SMILES string of the molecule is C=C1CC(c2nc3ccc(OC)cc3[nH]2)N(C(=O)c2nc(C)sc2-c2ccc(OC)cc2)C1. The van der Waals surface area contributed by atoms with E-state index in [1.807, 2.05) is 54.3 Å². The van der Waals surface area contributed by atoms with Crippen LogP contribution in [0.3, 0.4) is 0 Å². The van der Waals surface area contributed by atoms with E-state index in [9.17, 15) is 4.79 Å². The Bertz CT molecular complexity index is 1360. The van der Waals surface area contributed by atoms with Crippen LogP contribution in [0.2, 0.25) is 0 Å². The van der Waals surface area contributed by atoms with E-state index in [0.29, 0.717) is 18.7 Å². The maximum atomic E-state index is 13.8. The number of imidazole rings is 1. The Kier molecular flexibility index (Phi) is 5.38. The fraction of sp³-hybridized carbons (Fsp3) is 0.240. The third kappa shape index (κ3) is 3.87. The number of amides is 1. The van der Waals surface area contributed by atoms with Crippen molar-refractivity contribution in [3.8, 4) is 21.9 Å². The summed E-state index contributed by atoms with van der Waals surface area (Å²) < 4.78 is 10.6. The minimum atomic E-state index is -0.228. The largest absolute Gasteiger partial charge is 0.497 e. The molecular weight excluding hydrogens is 436 g/mol. The number of nitrogens with one attached hydrogen (secondary N) is 1. The number of aromatic nitrogens is 3. The van der Waals surface area contributed by atoms with Crippen LogP contribution in [0, 0.1) is 6.92 Å². The average Bonchev–Trinajstić information content (AvgIpc) is 3.54. The van der Waals surface area contributed by atoms with Gasteiger partial charge in [-0.2, -0.15) is 0 Å². The molecule has 33 heavy (non-hydrogen) atoms. The number of fused-ring (bicyclic) bond motifs is 1. The quantitative estimate of drug-likeness (QED) is 0.416. The van der Waals surface area contributed by atoms with Gasteiger partial charge >= 0.3 is 0 Å². The maximum Gasteiger partial charge on any atom is 0.274 e. The number of thiazole rings is 1. The van der Waals surface area contributed by atoms with Crippen LogP contribution in [0.25, 0.3) is 21.5 Å². The molecule has 1 saturated heterocycles. The maximum absolute atomic E-state index is 13.8. The minimum absolute atomic E-state index is 0.119. The molecule has 0 aliphatic carbocycles. The highest BCUT2D eigenvalue weighted by Crippen LogP contribution is 2.38. The van der Waals surface area contributed by atoms with Crippen molar-refractivity contribution in [3.63, 3.8) is 0 Å². The van der Waals surface area contributed by atoms with Gasteiger partial charge in [0.2, 0.25) is 0 Å². The normalized spacial score (nSPS) is 15.9. The zero-order valence-electron chi connectivity index (χ0n) is 18.7. The van der Waals surface area contributed by atoms with Crippen molar-refractivity contribution in [2.24, 2.45) is 0 Å². The van der Waals surface area contributed by atoms with Crippen molar-refractivity contribution in [2.75, 3.05) is 20.8 Å². The number of aryl methyl sites for hydroxylation is 1. The Morgan fingerprint density at radius 2 is 1.85 bits per heavy atom. The van der Waals surface area contributed by atoms with Crippen molar-refractivity contribution in [1.29, 1.82) is 0 Å². The summed E-state index contributed by atoms with van der Waals surface area (Å²) in [6, 6.07) is 13.2. The highest BCUT2D eigenvalue weighted by molar-refractivity contribution is 7.15. The second kappa shape index (κ2) is 8.37. The number of benzene rings is 2. The summed E-state index contributed by atoms with van der Waals surface area (Å²) in [5.41, 5.74) is 4.09. The molecule has 5 rings (SSSR count). The Morgan fingerprint density at radius 3 is 2.58 bits per heavy atom. The Labute approximate surface area is 195 Å². The van der Waals surface area contributed by atoms with E-state index in [2.05, 4.69) is 16.5 Å². The molecule has 1 atom stereocenters. The molecule has 4 aromatic rings. The van der Waals surface area contributed by atoms with Crippen LogP contribution >= 0.6 is 11.3 Å². The third-order valence-electron chi connectivity index (χ3n) is 5.82. The number of nitrogens with zero attached hydrogens (tertiary/aromatic N) is 3. The van der Waals surface area contributed by atoms with E-state index < -0.39 is 0 Å². The number of aromatic amines is 1. The van der Waals surface area contributed by atoms with E-state index in [1.165, 1.54) is 11.3 Å². The molecule has 1 unspecified atom stereocenters. The number of hydrogen-bond acceptors (Lipinski definition) is 6. The number of hydrogen-bond donors (Lipinski definition) is 1. The number of carbonyl (C=O) groups excluding carboxylic acids is 1. The highest BCUT2D eigenvalue weighted by atomic mass is 32.1. The number of carbonyl (C=O) groups is 1. The first kappa shape index (κ1) is 21.2. The van der Waals surface area contributed by atoms with Gasteiger partial charge in [0.15, 0.2) is 0 Å². The van der Waals surface area contributed by atoms with E-state index in [-0.39, 0.29) is 11.9 Å². The first-order valence-corrected chi connectivity index (χ1v) is 11.4. The van der Waals surface area contributed by atoms with Crippen LogP contribution in [0.4, 0.5) is 0 Å². The molecule has 1 amide bonds. The van der Waals surface area contributed by atoms with Gasteiger partial charge < -0.3 is 19.4 Å². The van der Waals surface area contributed by atoms with E-state index >= 15 is 0 Å². The lowest BCUT2D eigenvalue weighted by molar-refractivity contribution is 0.0728. The molecule has 1 N–H and O–H groups in total. The second-order valence-electron chi connectivity index (χ2n) is 8.05. The van der Waals surface area contributed by atoms with Gasteiger partial charge in [-0.1, -0.05) is 12.2 Å². The fourth-order valence-corrected chi connectivity index (χ4v) is 5.11. The van der Waals surface area contributed by atoms with Gasteiger partial charge in [0.05, 0.1) is 41.2 Å². The van der Waals surface area contributed by atoms with Gasteiger partial charge in [-0.3, -0.25) is 4.79 Å². The first-order chi connectivity index (χ1) is 16.0. The zero-order valence-corrected chi connectivity index (χ0v) is 19.5. The summed E-state index contributed by atoms with van der Waals surface area (Å²) in [6.07, 6.45) is 0.656. The molecule has 2 aromatic heterocycles. The predicted molar refractivity (Wildman–Crippen MR) is 129 cm³/mol. The van der Waals surface area contributed by atoms with Crippen molar-refractivity contribution in [1.82, 2.24) is 19.9 Å². The standard InChI is InChI=1S/C25H24N4O3S/c1-14-11-21(24-27-19-10-9-18(32-4)12-20(19)28-24)29(13-14)25(30)22-23(33-15(2)26-22)16-5-7-17(31-3)8-6-16/h5-10,12,21H,1,11,13H2,2-4H3,(H,27,28). The van der Waals surface area contributed by atoms with Gasteiger partial charge in [-0.15, -0.1) is 11.3 Å². The van der Waals surface area contributed by atoms with Gasteiger partial charge in [-0.25, -0.2) is 9.97 Å². The smallest absolute Gasteiger partial charge is 0.274 e. The molecular formula is C25H24N4O3S. The van der Waals surface area contributed by atoms with E-state index in [1.54, 1.807) is 14.2 Å². The molecule has 1 fully saturated rings. The fourth-order valence-electron chi connectivity index (χ4n) is 4.20. The van der Waals surface area contributed by atoms with Crippen molar-refractivity contribution in [3.05, 3.63) is 71.1 Å². The average molecular weight is 461 g/mol. The summed E-state index contributed by atoms with van der Waals surface area (Å²) in [7, 11) is 3.27. The number of ether oxygens (including phenoxy) is 2. The molecule has 1 aliphatic rings. The molecule has 8 heteroatoms. The topological polar surface area (TPSA) is 80.3 Å². The molecule has 2 aromatic carbocycles. The number of rotatable bonds is 5. The molecule has 0 spiro atoms. The molecule has 0 bridgehead atoms. The number of methoxy groups -OCH3 is 2. The van der Waals surface area contributed by atoms with Gasteiger partial charge in [0.25, 0.3) is 5.91 Å². The minimum Gasteiger partial charge on any atom is -0.497 e. The Hall–Kier alpha value is -3.65. The second-order valence-corrected chi connectivity index (χ2v) is 9.25. The lowest BCUT2D eigenvalue weighted by atomic mass is 10.1. The molecule has 0 saturated carbocycles. The monoisotopic (exact) mass is 460 g/mol. The van der Waals surface area contributed by atoms with Crippen molar-refractivity contribution < 1.29 is 14.3 Å². The Balaban J connectivity index is 1.51. The van der Waals surface area contributed by atoms with E-state index in [0.717, 1.165) is 49.4 Å². The highest BCUT2D eigenvalue weighted by Gasteiger charge is 2.36. The lowest BCUT2D eigenvalue weighted by Crippen LogP contribution is -2.31. The van der Waals surface area contributed by atoms with Gasteiger partial charge in [0.1, 0.15) is 23.0 Å². The lowest BCUT2D eigenvalue weighted by Gasteiger charge is -2.22. The number of likely N-dealkylation sites (tertiary alicyclic amines) is 1.